The highest BCUT2D eigenvalue weighted by Crippen LogP contribution is 2.34. The summed E-state index contributed by atoms with van der Waals surface area (Å²) in [6.45, 7) is 1.57. The van der Waals surface area contributed by atoms with Crippen molar-refractivity contribution < 1.29 is 17.9 Å². The summed E-state index contributed by atoms with van der Waals surface area (Å²) >= 11 is 0. The number of rotatable bonds is 3. The van der Waals surface area contributed by atoms with Crippen LogP contribution in [0.5, 0.6) is 11.5 Å². The van der Waals surface area contributed by atoms with Crippen LogP contribution in [0.15, 0.2) is 36.4 Å². The summed E-state index contributed by atoms with van der Waals surface area (Å²) in [6, 6.07) is 8.06. The summed E-state index contributed by atoms with van der Waals surface area (Å²) in [5.74, 6) is -0.0699. The van der Waals surface area contributed by atoms with Crippen molar-refractivity contribution in [1.82, 2.24) is 0 Å². The number of hydrogen-bond donors (Lipinski definition) is 1. The van der Waals surface area contributed by atoms with Gasteiger partial charge in [-0.2, -0.15) is 0 Å². The monoisotopic (exact) mass is 267 g/mol. The Hall–Kier alpha value is -2.17. The number of anilines is 1. The average Bonchev–Trinajstić information content (AvgIpc) is 2.36. The molecule has 2 N–H and O–H groups in total. The van der Waals surface area contributed by atoms with Crippen LogP contribution in [-0.2, 0) is 0 Å². The van der Waals surface area contributed by atoms with Gasteiger partial charge in [-0.15, -0.1) is 0 Å². The third kappa shape index (κ3) is 2.99. The second-order valence-corrected chi connectivity index (χ2v) is 4.11. The van der Waals surface area contributed by atoms with Crippen LogP contribution in [0.2, 0.25) is 0 Å². The van der Waals surface area contributed by atoms with E-state index in [4.69, 9.17) is 10.5 Å². The van der Waals surface area contributed by atoms with E-state index in [9.17, 15) is 13.2 Å². The standard InChI is InChI=1S/C14H12F3NO/c1-8-6-10(3-4-12(8)15)19-13-5-2-9(18)7-11(13)14(16)17/h2-7,14H,18H2,1H3. The van der Waals surface area contributed by atoms with Gasteiger partial charge in [0.05, 0.1) is 5.56 Å². The quantitative estimate of drug-likeness (QED) is 0.834. The van der Waals surface area contributed by atoms with Gasteiger partial charge in [-0.25, -0.2) is 13.2 Å². The van der Waals surface area contributed by atoms with Crippen molar-refractivity contribution in [2.75, 3.05) is 5.73 Å². The molecular formula is C14H12F3NO. The van der Waals surface area contributed by atoms with Crippen molar-refractivity contribution >= 4 is 5.69 Å². The first-order valence-electron chi connectivity index (χ1n) is 5.59. The fraction of sp³-hybridized carbons (Fsp3) is 0.143. The maximum absolute atomic E-state index is 13.1. The smallest absolute Gasteiger partial charge is 0.267 e. The van der Waals surface area contributed by atoms with Crippen LogP contribution in [-0.4, -0.2) is 0 Å². The van der Waals surface area contributed by atoms with Crippen LogP contribution in [0.1, 0.15) is 17.6 Å². The molecule has 0 fully saturated rings. The van der Waals surface area contributed by atoms with Gasteiger partial charge in [0.15, 0.2) is 0 Å². The molecule has 0 heterocycles. The van der Waals surface area contributed by atoms with E-state index in [1.54, 1.807) is 6.92 Å². The van der Waals surface area contributed by atoms with Crippen LogP contribution >= 0.6 is 0 Å². The van der Waals surface area contributed by atoms with E-state index in [1.807, 2.05) is 0 Å². The van der Waals surface area contributed by atoms with Gasteiger partial charge in [0.25, 0.3) is 6.43 Å². The molecule has 0 radical (unpaired) electrons. The Morgan fingerprint density at radius 2 is 1.84 bits per heavy atom. The highest BCUT2D eigenvalue weighted by molar-refractivity contribution is 5.49. The zero-order valence-electron chi connectivity index (χ0n) is 10.2. The highest BCUT2D eigenvalue weighted by atomic mass is 19.3. The van der Waals surface area contributed by atoms with Gasteiger partial charge in [-0.05, 0) is 48.9 Å². The summed E-state index contributed by atoms with van der Waals surface area (Å²) in [5, 5.41) is 0. The van der Waals surface area contributed by atoms with E-state index in [2.05, 4.69) is 0 Å². The molecule has 0 amide bonds. The zero-order chi connectivity index (χ0) is 14.0. The molecule has 0 aliphatic heterocycles. The predicted octanol–water partition coefficient (Wildman–Crippen LogP) is 4.45. The average molecular weight is 267 g/mol. The number of aryl methyl sites for hydroxylation is 1. The molecule has 2 nitrogen and oxygen atoms in total. The molecule has 0 aromatic heterocycles. The molecule has 5 heteroatoms. The first-order valence-corrected chi connectivity index (χ1v) is 5.59. The fourth-order valence-corrected chi connectivity index (χ4v) is 1.64. The van der Waals surface area contributed by atoms with Crippen molar-refractivity contribution in [1.29, 1.82) is 0 Å². The van der Waals surface area contributed by atoms with Crippen molar-refractivity contribution in [2.24, 2.45) is 0 Å². The van der Waals surface area contributed by atoms with Crippen LogP contribution in [0.3, 0.4) is 0 Å². The maximum Gasteiger partial charge on any atom is 0.267 e. The molecule has 0 spiro atoms. The summed E-state index contributed by atoms with van der Waals surface area (Å²) in [4.78, 5) is 0. The van der Waals surface area contributed by atoms with Crippen molar-refractivity contribution in [3.8, 4) is 11.5 Å². The number of halogens is 3. The molecule has 19 heavy (non-hydrogen) atoms. The predicted molar refractivity (Wildman–Crippen MR) is 67.0 cm³/mol. The minimum atomic E-state index is -2.69. The van der Waals surface area contributed by atoms with Gasteiger partial charge >= 0.3 is 0 Å². The molecule has 2 rings (SSSR count). The van der Waals surface area contributed by atoms with E-state index >= 15 is 0 Å². The van der Waals surface area contributed by atoms with E-state index < -0.39 is 6.43 Å². The maximum atomic E-state index is 13.1. The number of ether oxygens (including phenoxy) is 1. The third-order valence-electron chi connectivity index (χ3n) is 2.63. The largest absolute Gasteiger partial charge is 0.457 e. The second-order valence-electron chi connectivity index (χ2n) is 4.11. The molecule has 0 unspecified atom stereocenters. The molecule has 0 saturated carbocycles. The van der Waals surface area contributed by atoms with Gasteiger partial charge in [0, 0.05) is 5.69 Å². The van der Waals surface area contributed by atoms with Crippen molar-refractivity contribution in [3.63, 3.8) is 0 Å². The molecule has 100 valence electrons. The minimum absolute atomic E-state index is 0.00945. The van der Waals surface area contributed by atoms with Gasteiger partial charge in [-0.1, -0.05) is 0 Å². The van der Waals surface area contributed by atoms with Gasteiger partial charge in [-0.3, -0.25) is 0 Å². The van der Waals surface area contributed by atoms with Crippen LogP contribution in [0, 0.1) is 12.7 Å². The summed E-state index contributed by atoms with van der Waals surface area (Å²) in [5.41, 5.74) is 5.79. The highest BCUT2D eigenvalue weighted by Gasteiger charge is 2.15. The van der Waals surface area contributed by atoms with Crippen LogP contribution < -0.4 is 10.5 Å². The number of alkyl halides is 2. The molecule has 0 atom stereocenters. The Morgan fingerprint density at radius 1 is 1.11 bits per heavy atom. The minimum Gasteiger partial charge on any atom is -0.457 e. The number of nitrogens with two attached hydrogens (primary N) is 1. The van der Waals surface area contributed by atoms with Crippen molar-refractivity contribution in [3.05, 3.63) is 53.3 Å². The SMILES string of the molecule is Cc1cc(Oc2ccc(N)cc2C(F)F)ccc1F. The third-order valence-corrected chi connectivity index (χ3v) is 2.63. The number of nitrogen functional groups attached to an aromatic ring is 1. The van der Waals surface area contributed by atoms with Crippen molar-refractivity contribution in [2.45, 2.75) is 13.3 Å². The second kappa shape index (κ2) is 5.22. The number of benzene rings is 2. The molecular weight excluding hydrogens is 255 g/mol. The Bertz CT molecular complexity index is 599. The van der Waals surface area contributed by atoms with Crippen LogP contribution in [0.25, 0.3) is 0 Å². The first kappa shape index (κ1) is 13.3. The van der Waals surface area contributed by atoms with E-state index in [-0.39, 0.29) is 22.8 Å². The molecule has 0 aliphatic carbocycles. The Labute approximate surface area is 108 Å². The Kier molecular flexibility index (Phi) is 3.64. The topological polar surface area (TPSA) is 35.2 Å². The summed E-state index contributed by atoms with van der Waals surface area (Å²) in [7, 11) is 0. The van der Waals surface area contributed by atoms with Gasteiger partial charge < -0.3 is 10.5 Å². The van der Waals surface area contributed by atoms with E-state index in [0.29, 0.717) is 11.3 Å². The first-order chi connectivity index (χ1) is 8.97. The lowest BCUT2D eigenvalue weighted by Crippen LogP contribution is -1.95. The van der Waals surface area contributed by atoms with Gasteiger partial charge in [0.2, 0.25) is 0 Å². The normalized spacial score (nSPS) is 10.8. The lowest BCUT2D eigenvalue weighted by atomic mass is 10.2. The molecule has 0 aliphatic rings. The van der Waals surface area contributed by atoms with Crippen LogP contribution in [0.4, 0.5) is 18.9 Å². The summed E-state index contributed by atoms with van der Waals surface area (Å²) in [6.07, 6.45) is -2.69. The lowest BCUT2D eigenvalue weighted by Gasteiger charge is -2.12. The number of hydrogen-bond acceptors (Lipinski definition) is 2. The molecule has 2 aromatic carbocycles. The summed E-state index contributed by atoms with van der Waals surface area (Å²) < 4.78 is 44.2. The zero-order valence-corrected chi connectivity index (χ0v) is 10.2. The Morgan fingerprint density at radius 3 is 2.47 bits per heavy atom. The van der Waals surface area contributed by atoms with E-state index in [0.717, 1.165) is 6.07 Å². The molecule has 0 saturated heterocycles. The van der Waals surface area contributed by atoms with Gasteiger partial charge in [0.1, 0.15) is 17.3 Å². The Balaban J connectivity index is 2.35. The fourth-order valence-electron chi connectivity index (χ4n) is 1.64. The van der Waals surface area contributed by atoms with E-state index in [1.165, 1.54) is 30.3 Å². The molecule has 0 bridgehead atoms. The lowest BCUT2D eigenvalue weighted by molar-refractivity contribution is 0.148. The molecule has 2 aromatic rings.